The number of rotatable bonds is 2. The van der Waals surface area contributed by atoms with Gasteiger partial charge in [0.25, 0.3) is 0 Å². The monoisotopic (exact) mass is 266 g/mol. The van der Waals surface area contributed by atoms with Gasteiger partial charge in [0.15, 0.2) is 5.78 Å². The standard InChI is InChI=1S/C17H14OS/c18-16-9-4-2-7-14(16)12-13-6-1-3-8-15(13)17-10-5-11-19-17/h1-3,5-8,10-12H,4,9H2. The molecule has 1 aliphatic rings. The number of benzene rings is 1. The van der Waals surface area contributed by atoms with Crippen LogP contribution in [0.2, 0.25) is 0 Å². The molecule has 0 aliphatic heterocycles. The topological polar surface area (TPSA) is 17.1 Å². The van der Waals surface area contributed by atoms with E-state index in [9.17, 15) is 4.79 Å². The van der Waals surface area contributed by atoms with E-state index in [-0.39, 0.29) is 5.78 Å². The molecule has 0 radical (unpaired) electrons. The Morgan fingerprint density at radius 1 is 1.11 bits per heavy atom. The molecule has 0 saturated heterocycles. The molecule has 94 valence electrons. The van der Waals surface area contributed by atoms with Crippen LogP contribution in [-0.4, -0.2) is 5.78 Å². The molecule has 2 heteroatoms. The van der Waals surface area contributed by atoms with Crippen LogP contribution in [0.5, 0.6) is 0 Å². The van der Waals surface area contributed by atoms with Gasteiger partial charge >= 0.3 is 0 Å². The van der Waals surface area contributed by atoms with E-state index in [1.54, 1.807) is 11.3 Å². The summed E-state index contributed by atoms with van der Waals surface area (Å²) in [4.78, 5) is 13.1. The van der Waals surface area contributed by atoms with Crippen molar-refractivity contribution in [2.45, 2.75) is 12.8 Å². The lowest BCUT2D eigenvalue weighted by Gasteiger charge is -2.08. The smallest absolute Gasteiger partial charge is 0.163 e. The van der Waals surface area contributed by atoms with Crippen molar-refractivity contribution >= 4 is 23.2 Å². The number of hydrogen-bond acceptors (Lipinski definition) is 2. The van der Waals surface area contributed by atoms with Gasteiger partial charge in [0.05, 0.1) is 0 Å². The molecule has 2 aromatic rings. The molecule has 1 nitrogen and oxygen atoms in total. The van der Waals surface area contributed by atoms with Crippen LogP contribution in [0.15, 0.2) is 59.5 Å². The molecular weight excluding hydrogens is 252 g/mol. The van der Waals surface area contributed by atoms with Crippen LogP contribution in [-0.2, 0) is 4.79 Å². The lowest BCUT2D eigenvalue weighted by molar-refractivity contribution is -0.115. The van der Waals surface area contributed by atoms with Crippen LogP contribution in [0.1, 0.15) is 18.4 Å². The Labute approximate surface area is 116 Å². The minimum atomic E-state index is 0.239. The van der Waals surface area contributed by atoms with Gasteiger partial charge in [0, 0.05) is 16.9 Å². The van der Waals surface area contributed by atoms with Crippen molar-refractivity contribution in [2.75, 3.05) is 0 Å². The Morgan fingerprint density at radius 3 is 2.79 bits per heavy atom. The lowest BCUT2D eigenvalue weighted by Crippen LogP contribution is -2.03. The Hall–Kier alpha value is -1.93. The van der Waals surface area contributed by atoms with Gasteiger partial charge in [0.2, 0.25) is 0 Å². The van der Waals surface area contributed by atoms with Gasteiger partial charge in [-0.05, 0) is 35.1 Å². The van der Waals surface area contributed by atoms with Gasteiger partial charge in [-0.1, -0.05) is 42.5 Å². The maximum Gasteiger partial charge on any atom is 0.163 e. The van der Waals surface area contributed by atoms with Crippen molar-refractivity contribution in [1.29, 1.82) is 0 Å². The SMILES string of the molecule is O=C1CCC=CC1=Cc1ccccc1-c1cccs1. The Morgan fingerprint density at radius 2 is 2.00 bits per heavy atom. The molecule has 1 aliphatic carbocycles. The Bertz CT molecular complexity index is 648. The van der Waals surface area contributed by atoms with Crippen LogP contribution in [0, 0.1) is 0 Å². The van der Waals surface area contributed by atoms with Crippen LogP contribution in [0.3, 0.4) is 0 Å². The average molecular weight is 266 g/mol. The van der Waals surface area contributed by atoms with Crippen LogP contribution in [0.4, 0.5) is 0 Å². The molecule has 1 heterocycles. The molecule has 19 heavy (non-hydrogen) atoms. The van der Waals surface area contributed by atoms with Crippen molar-refractivity contribution < 1.29 is 4.79 Å². The largest absolute Gasteiger partial charge is 0.294 e. The zero-order valence-electron chi connectivity index (χ0n) is 10.5. The molecule has 0 atom stereocenters. The fourth-order valence-corrected chi connectivity index (χ4v) is 3.01. The van der Waals surface area contributed by atoms with Gasteiger partial charge in [-0.15, -0.1) is 11.3 Å². The number of thiophene rings is 1. The minimum Gasteiger partial charge on any atom is -0.294 e. The first-order valence-electron chi connectivity index (χ1n) is 6.39. The van der Waals surface area contributed by atoms with Gasteiger partial charge < -0.3 is 0 Å². The summed E-state index contributed by atoms with van der Waals surface area (Å²) in [5.41, 5.74) is 3.12. The van der Waals surface area contributed by atoms with Crippen molar-refractivity contribution in [1.82, 2.24) is 0 Å². The van der Waals surface area contributed by atoms with Crippen LogP contribution >= 0.6 is 11.3 Å². The van der Waals surface area contributed by atoms with Crippen molar-refractivity contribution in [3.63, 3.8) is 0 Å². The second kappa shape index (κ2) is 5.37. The highest BCUT2D eigenvalue weighted by Gasteiger charge is 2.11. The average Bonchev–Trinajstić information content (AvgIpc) is 2.96. The summed E-state index contributed by atoms with van der Waals surface area (Å²) in [6.07, 6.45) is 7.51. The van der Waals surface area contributed by atoms with Gasteiger partial charge in [-0.2, -0.15) is 0 Å². The fraction of sp³-hybridized carbons (Fsp3) is 0.118. The predicted octanol–water partition coefficient (Wildman–Crippen LogP) is 4.72. The van der Waals surface area contributed by atoms with Gasteiger partial charge in [-0.25, -0.2) is 0 Å². The third kappa shape index (κ3) is 2.59. The predicted molar refractivity (Wildman–Crippen MR) is 81.1 cm³/mol. The summed E-state index contributed by atoms with van der Waals surface area (Å²) < 4.78 is 0. The number of hydrogen-bond donors (Lipinski definition) is 0. The molecule has 0 amide bonds. The maximum absolute atomic E-state index is 11.9. The van der Waals surface area contributed by atoms with Crippen LogP contribution in [0.25, 0.3) is 16.5 Å². The van der Waals surface area contributed by atoms with E-state index in [1.807, 2.05) is 24.3 Å². The summed E-state index contributed by atoms with van der Waals surface area (Å²) in [6, 6.07) is 12.4. The van der Waals surface area contributed by atoms with Crippen molar-refractivity contribution in [3.8, 4) is 10.4 Å². The van der Waals surface area contributed by atoms with Crippen LogP contribution < -0.4 is 0 Å². The zero-order chi connectivity index (χ0) is 13.1. The van der Waals surface area contributed by atoms with E-state index in [4.69, 9.17) is 0 Å². The summed E-state index contributed by atoms with van der Waals surface area (Å²) >= 11 is 1.72. The molecule has 1 aromatic heterocycles. The maximum atomic E-state index is 11.9. The zero-order valence-corrected chi connectivity index (χ0v) is 11.3. The van der Waals surface area contributed by atoms with E-state index in [1.165, 1.54) is 10.4 Å². The van der Waals surface area contributed by atoms with E-state index in [0.717, 1.165) is 17.6 Å². The number of carbonyl (C=O) groups is 1. The van der Waals surface area contributed by atoms with Crippen molar-refractivity contribution in [3.05, 3.63) is 65.1 Å². The Balaban J connectivity index is 2.06. The first-order valence-corrected chi connectivity index (χ1v) is 7.27. The molecule has 3 rings (SSSR count). The molecule has 0 fully saturated rings. The number of allylic oxidation sites excluding steroid dienone is 3. The first kappa shape index (κ1) is 12.1. The first-order chi connectivity index (χ1) is 9.34. The third-order valence-electron chi connectivity index (χ3n) is 3.22. The van der Waals surface area contributed by atoms with Crippen molar-refractivity contribution in [2.24, 2.45) is 0 Å². The molecule has 1 aromatic carbocycles. The van der Waals surface area contributed by atoms with Gasteiger partial charge in [0.1, 0.15) is 0 Å². The Kier molecular flexibility index (Phi) is 3.43. The summed E-state index contributed by atoms with van der Waals surface area (Å²) in [5, 5.41) is 2.07. The highest BCUT2D eigenvalue weighted by atomic mass is 32.1. The molecule has 0 unspecified atom stereocenters. The fourth-order valence-electron chi connectivity index (χ4n) is 2.24. The highest BCUT2D eigenvalue weighted by Crippen LogP contribution is 2.30. The summed E-state index contributed by atoms with van der Waals surface area (Å²) in [7, 11) is 0. The molecule has 0 bridgehead atoms. The number of carbonyl (C=O) groups excluding carboxylic acids is 1. The highest BCUT2D eigenvalue weighted by molar-refractivity contribution is 7.13. The quantitative estimate of drug-likeness (QED) is 0.719. The van der Waals surface area contributed by atoms with E-state index in [0.29, 0.717) is 6.42 Å². The van der Waals surface area contributed by atoms with E-state index >= 15 is 0 Å². The normalized spacial score (nSPS) is 17.1. The van der Waals surface area contributed by atoms with Gasteiger partial charge in [-0.3, -0.25) is 4.79 Å². The third-order valence-corrected chi connectivity index (χ3v) is 4.12. The molecular formula is C17H14OS. The summed E-state index contributed by atoms with van der Waals surface area (Å²) in [6.45, 7) is 0. The minimum absolute atomic E-state index is 0.239. The molecule has 0 N–H and O–H groups in total. The number of ketones is 1. The molecule has 0 saturated carbocycles. The lowest BCUT2D eigenvalue weighted by atomic mass is 9.96. The summed E-state index contributed by atoms with van der Waals surface area (Å²) in [5.74, 6) is 0.239. The second-order valence-electron chi connectivity index (χ2n) is 4.53. The van der Waals surface area contributed by atoms with E-state index in [2.05, 4.69) is 35.7 Å². The van der Waals surface area contributed by atoms with E-state index < -0.39 is 0 Å². The molecule has 0 spiro atoms. The second-order valence-corrected chi connectivity index (χ2v) is 5.48. The number of Topliss-reactive ketones (excluding diaryl/α,β-unsaturated/α-hetero) is 1.